The Kier molecular flexibility index (Phi) is 5.92. The molecule has 0 atom stereocenters. The molecule has 3 aromatic carbocycles. The first-order chi connectivity index (χ1) is 15.3. The maximum absolute atomic E-state index is 14.2. The molecule has 0 radical (unpaired) electrons. The zero-order valence-corrected chi connectivity index (χ0v) is 17.8. The highest BCUT2D eigenvalue weighted by molar-refractivity contribution is 6.33. The van der Waals surface area contributed by atoms with E-state index in [-0.39, 0.29) is 28.3 Å². The predicted octanol–water partition coefficient (Wildman–Crippen LogP) is 4.87. The number of esters is 1. The van der Waals surface area contributed by atoms with Crippen LogP contribution in [0.2, 0.25) is 5.02 Å². The molecule has 0 saturated carbocycles. The van der Waals surface area contributed by atoms with Crippen LogP contribution in [-0.4, -0.2) is 29.4 Å². The van der Waals surface area contributed by atoms with Gasteiger partial charge in [0.25, 0.3) is 11.8 Å². The van der Waals surface area contributed by atoms with Crippen molar-refractivity contribution < 1.29 is 23.5 Å². The summed E-state index contributed by atoms with van der Waals surface area (Å²) in [5, 5.41) is 3.13. The summed E-state index contributed by atoms with van der Waals surface area (Å²) < 4.78 is 19.4. The number of carbonyl (C=O) groups is 3. The highest BCUT2D eigenvalue weighted by Crippen LogP contribution is 2.30. The van der Waals surface area contributed by atoms with E-state index in [1.807, 2.05) is 13.0 Å². The average molecular weight is 453 g/mol. The van der Waals surface area contributed by atoms with Crippen molar-refractivity contribution in [2.45, 2.75) is 13.3 Å². The number of rotatable bonds is 6. The summed E-state index contributed by atoms with van der Waals surface area (Å²) in [7, 11) is 0. The van der Waals surface area contributed by atoms with Crippen LogP contribution in [0.4, 0.5) is 15.8 Å². The summed E-state index contributed by atoms with van der Waals surface area (Å²) >= 11 is 6.09. The summed E-state index contributed by atoms with van der Waals surface area (Å²) in [4.78, 5) is 38.2. The Hall–Kier alpha value is -3.71. The number of hydrogen-bond donors (Lipinski definition) is 1. The standard InChI is InChI=1S/C24H18ClFN2O4/c1-14-9-10-20(27-22-18(25)7-4-8-19(22)26)15(11-14)12-21(29)32-13-28-23(30)16-5-2-3-6-17(16)24(28)31/h2-11,27H,12-13H2,1H3. The zero-order valence-electron chi connectivity index (χ0n) is 17.0. The number of ether oxygens (including phenoxy) is 1. The Morgan fingerprint density at radius 2 is 1.72 bits per heavy atom. The second kappa shape index (κ2) is 8.80. The second-order valence-electron chi connectivity index (χ2n) is 7.29. The largest absolute Gasteiger partial charge is 0.443 e. The van der Waals surface area contributed by atoms with Crippen LogP contribution in [0.15, 0.2) is 60.7 Å². The highest BCUT2D eigenvalue weighted by Gasteiger charge is 2.35. The van der Waals surface area contributed by atoms with E-state index in [0.29, 0.717) is 11.3 Å². The third kappa shape index (κ3) is 4.20. The number of amides is 2. The second-order valence-corrected chi connectivity index (χ2v) is 7.70. The number of anilines is 2. The molecule has 0 saturated heterocycles. The van der Waals surface area contributed by atoms with E-state index in [0.717, 1.165) is 10.5 Å². The van der Waals surface area contributed by atoms with Crippen molar-refractivity contribution >= 4 is 40.8 Å². The molecule has 1 aliphatic rings. The first-order valence-electron chi connectivity index (χ1n) is 9.76. The van der Waals surface area contributed by atoms with Gasteiger partial charge in [0.05, 0.1) is 28.3 Å². The number of nitrogens with one attached hydrogen (secondary N) is 1. The molecule has 0 aromatic heterocycles. The molecule has 8 heteroatoms. The molecule has 0 unspecified atom stereocenters. The van der Waals surface area contributed by atoms with Crippen LogP contribution >= 0.6 is 11.6 Å². The molecule has 0 fully saturated rings. The van der Waals surface area contributed by atoms with Crippen LogP contribution in [0.5, 0.6) is 0 Å². The molecule has 32 heavy (non-hydrogen) atoms. The highest BCUT2D eigenvalue weighted by atomic mass is 35.5. The van der Waals surface area contributed by atoms with Crippen molar-refractivity contribution in [2.24, 2.45) is 0 Å². The molecule has 0 spiro atoms. The van der Waals surface area contributed by atoms with Crippen LogP contribution < -0.4 is 5.32 Å². The van der Waals surface area contributed by atoms with Gasteiger partial charge in [0.15, 0.2) is 6.73 Å². The molecule has 4 rings (SSSR count). The molecular formula is C24H18ClFN2O4. The van der Waals surface area contributed by atoms with E-state index in [2.05, 4.69) is 5.32 Å². The van der Waals surface area contributed by atoms with Crippen LogP contribution in [-0.2, 0) is 16.0 Å². The van der Waals surface area contributed by atoms with Crippen LogP contribution in [0.3, 0.4) is 0 Å². The number of carbonyl (C=O) groups excluding carboxylic acids is 3. The van der Waals surface area contributed by atoms with Gasteiger partial charge in [-0.2, -0.15) is 0 Å². The van der Waals surface area contributed by atoms with E-state index in [1.54, 1.807) is 42.5 Å². The first-order valence-corrected chi connectivity index (χ1v) is 10.1. The van der Waals surface area contributed by atoms with Gasteiger partial charge in [-0.05, 0) is 42.8 Å². The number of imide groups is 1. The van der Waals surface area contributed by atoms with Crippen molar-refractivity contribution in [3.05, 3.63) is 93.8 Å². The van der Waals surface area contributed by atoms with Gasteiger partial charge in [-0.3, -0.25) is 14.4 Å². The van der Waals surface area contributed by atoms with Gasteiger partial charge < -0.3 is 10.1 Å². The Morgan fingerprint density at radius 3 is 2.38 bits per heavy atom. The summed E-state index contributed by atoms with van der Waals surface area (Å²) in [6, 6.07) is 16.0. The summed E-state index contributed by atoms with van der Waals surface area (Å²) in [6.45, 7) is 1.37. The first kappa shape index (κ1) is 21.5. The Balaban J connectivity index is 1.47. The number of para-hydroxylation sites is 1. The summed E-state index contributed by atoms with van der Waals surface area (Å²) in [5.41, 5.74) is 2.58. The molecule has 3 aromatic rings. The number of benzene rings is 3. The molecule has 0 bridgehead atoms. The van der Waals surface area contributed by atoms with Crippen molar-refractivity contribution in [3.63, 3.8) is 0 Å². The van der Waals surface area contributed by atoms with E-state index in [4.69, 9.17) is 16.3 Å². The van der Waals surface area contributed by atoms with E-state index >= 15 is 0 Å². The minimum Gasteiger partial charge on any atom is -0.443 e. The van der Waals surface area contributed by atoms with Crippen molar-refractivity contribution in [1.29, 1.82) is 0 Å². The number of fused-ring (bicyclic) bond motifs is 1. The lowest BCUT2D eigenvalue weighted by molar-refractivity contribution is -0.145. The number of hydrogen-bond acceptors (Lipinski definition) is 5. The molecule has 0 aliphatic carbocycles. The Bertz CT molecular complexity index is 1190. The number of nitrogens with zero attached hydrogens (tertiary/aromatic N) is 1. The lowest BCUT2D eigenvalue weighted by atomic mass is 10.1. The smallest absolute Gasteiger partial charge is 0.312 e. The molecule has 2 amide bonds. The molecule has 1 aliphatic heterocycles. The fraction of sp³-hybridized carbons (Fsp3) is 0.125. The third-order valence-corrected chi connectivity index (χ3v) is 5.37. The quantitative estimate of drug-likeness (QED) is 0.426. The number of aryl methyl sites for hydroxylation is 1. The minimum atomic E-state index is -0.644. The Labute approximate surface area is 188 Å². The lowest BCUT2D eigenvalue weighted by Gasteiger charge is -2.16. The predicted molar refractivity (Wildman–Crippen MR) is 117 cm³/mol. The normalized spacial score (nSPS) is 12.7. The van der Waals surface area contributed by atoms with E-state index in [1.165, 1.54) is 12.1 Å². The van der Waals surface area contributed by atoms with E-state index < -0.39 is 30.3 Å². The molecular weight excluding hydrogens is 435 g/mol. The minimum absolute atomic E-state index is 0.0960. The van der Waals surface area contributed by atoms with Crippen LogP contribution in [0, 0.1) is 12.7 Å². The lowest BCUT2D eigenvalue weighted by Crippen LogP contribution is -2.33. The molecule has 162 valence electrons. The van der Waals surface area contributed by atoms with Crippen LogP contribution in [0.25, 0.3) is 0 Å². The number of halogens is 2. The fourth-order valence-electron chi connectivity index (χ4n) is 3.44. The van der Waals surface area contributed by atoms with Gasteiger partial charge >= 0.3 is 5.97 Å². The molecule has 1 heterocycles. The van der Waals surface area contributed by atoms with Gasteiger partial charge in [-0.1, -0.05) is 47.5 Å². The van der Waals surface area contributed by atoms with Gasteiger partial charge in [0.1, 0.15) is 5.82 Å². The fourth-order valence-corrected chi connectivity index (χ4v) is 3.65. The topological polar surface area (TPSA) is 75.7 Å². The maximum atomic E-state index is 14.2. The van der Waals surface area contributed by atoms with E-state index in [9.17, 15) is 18.8 Å². The molecule has 1 N–H and O–H groups in total. The Morgan fingerprint density at radius 1 is 1.03 bits per heavy atom. The summed E-state index contributed by atoms with van der Waals surface area (Å²) in [6.07, 6.45) is -0.154. The van der Waals surface area contributed by atoms with Gasteiger partial charge in [-0.15, -0.1) is 0 Å². The SMILES string of the molecule is Cc1ccc(Nc2c(F)cccc2Cl)c(CC(=O)OCN2C(=O)c3ccccc3C2=O)c1. The van der Waals surface area contributed by atoms with Crippen molar-refractivity contribution in [3.8, 4) is 0 Å². The van der Waals surface area contributed by atoms with Crippen molar-refractivity contribution in [2.75, 3.05) is 12.0 Å². The third-order valence-electron chi connectivity index (χ3n) is 5.05. The van der Waals surface area contributed by atoms with Gasteiger partial charge in [0, 0.05) is 5.69 Å². The van der Waals surface area contributed by atoms with Gasteiger partial charge in [-0.25, -0.2) is 9.29 Å². The zero-order chi connectivity index (χ0) is 22.8. The average Bonchev–Trinajstić information content (AvgIpc) is 3.01. The van der Waals surface area contributed by atoms with Crippen molar-refractivity contribution in [1.82, 2.24) is 4.90 Å². The van der Waals surface area contributed by atoms with Gasteiger partial charge in [0.2, 0.25) is 0 Å². The molecule has 6 nitrogen and oxygen atoms in total. The summed E-state index contributed by atoms with van der Waals surface area (Å²) in [5.74, 6) is -2.19. The maximum Gasteiger partial charge on any atom is 0.312 e. The van der Waals surface area contributed by atoms with Crippen LogP contribution in [0.1, 0.15) is 31.8 Å². The monoisotopic (exact) mass is 452 g/mol.